The van der Waals surface area contributed by atoms with Crippen LogP contribution in [0, 0.1) is 6.92 Å². The molecule has 26 heavy (non-hydrogen) atoms. The Kier molecular flexibility index (Phi) is 5.05. The van der Waals surface area contributed by atoms with E-state index in [1.54, 1.807) is 6.26 Å². The number of thioether (sulfide) groups is 1. The zero-order valence-corrected chi connectivity index (χ0v) is 16.2. The molecule has 0 aliphatic carbocycles. The first-order chi connectivity index (χ1) is 12.7. The van der Waals surface area contributed by atoms with Gasteiger partial charge in [-0.3, -0.25) is 4.57 Å². The van der Waals surface area contributed by atoms with Gasteiger partial charge in [-0.15, -0.1) is 15.3 Å². The second kappa shape index (κ2) is 7.61. The van der Waals surface area contributed by atoms with E-state index < -0.39 is 0 Å². The lowest BCUT2D eigenvalue weighted by atomic mass is 10.1. The number of furan rings is 1. The summed E-state index contributed by atoms with van der Waals surface area (Å²) < 4.78 is 12.1. The second-order valence-corrected chi connectivity index (χ2v) is 7.87. The largest absolute Gasteiger partial charge is 0.467 e. The van der Waals surface area contributed by atoms with Crippen LogP contribution in [-0.4, -0.2) is 24.4 Å². The summed E-state index contributed by atoms with van der Waals surface area (Å²) in [5, 5.41) is 13.7. The Hall–Kier alpha value is -2.16. The first kappa shape index (κ1) is 17.3. The van der Waals surface area contributed by atoms with Crippen molar-refractivity contribution >= 4 is 34.9 Å². The van der Waals surface area contributed by atoms with Crippen LogP contribution in [0.2, 0.25) is 4.34 Å². The average molecular weight is 404 g/mol. The fourth-order valence-electron chi connectivity index (χ4n) is 2.54. The zero-order chi connectivity index (χ0) is 17.9. The molecule has 1 aromatic carbocycles. The molecule has 4 aromatic rings. The smallest absolute Gasteiger partial charge is 0.192 e. The van der Waals surface area contributed by atoms with E-state index in [2.05, 4.69) is 37.3 Å². The Morgan fingerprint density at radius 1 is 1.15 bits per heavy atom. The molecule has 0 spiro atoms. The minimum Gasteiger partial charge on any atom is -0.467 e. The molecule has 4 rings (SSSR count). The van der Waals surface area contributed by atoms with Crippen molar-refractivity contribution in [3.05, 3.63) is 64.0 Å². The van der Waals surface area contributed by atoms with Crippen LogP contribution in [0.3, 0.4) is 0 Å². The molecule has 0 radical (unpaired) electrons. The summed E-state index contributed by atoms with van der Waals surface area (Å²) in [5.74, 6) is 2.23. The first-order valence-electron chi connectivity index (χ1n) is 7.83. The number of benzene rings is 1. The third-order valence-corrected chi connectivity index (χ3v) is 5.81. The molecule has 0 unspecified atom stereocenters. The normalized spacial score (nSPS) is 11.2. The van der Waals surface area contributed by atoms with E-state index in [-0.39, 0.29) is 0 Å². The van der Waals surface area contributed by atoms with Crippen LogP contribution in [0.15, 0.2) is 52.2 Å². The Morgan fingerprint density at radius 2 is 2.04 bits per heavy atom. The summed E-state index contributed by atoms with van der Waals surface area (Å²) in [6, 6.07) is 11.9. The maximum atomic E-state index is 6.11. The minimum atomic E-state index is 0.551. The van der Waals surface area contributed by atoms with Crippen molar-refractivity contribution in [3.8, 4) is 11.4 Å². The number of rotatable bonds is 6. The van der Waals surface area contributed by atoms with Crippen molar-refractivity contribution in [3.63, 3.8) is 0 Å². The van der Waals surface area contributed by atoms with Crippen LogP contribution in [0.5, 0.6) is 0 Å². The van der Waals surface area contributed by atoms with Gasteiger partial charge in [0.15, 0.2) is 11.0 Å². The number of hydrogen-bond acceptors (Lipinski definition) is 7. The van der Waals surface area contributed by atoms with Gasteiger partial charge >= 0.3 is 0 Å². The Balaban J connectivity index is 1.69. The number of aryl methyl sites for hydroxylation is 1. The summed E-state index contributed by atoms with van der Waals surface area (Å²) in [5.41, 5.74) is 2.95. The zero-order valence-electron chi connectivity index (χ0n) is 13.8. The number of halogens is 1. The van der Waals surface area contributed by atoms with Crippen LogP contribution in [0.4, 0.5) is 0 Å². The van der Waals surface area contributed by atoms with Crippen molar-refractivity contribution in [2.24, 2.45) is 0 Å². The molecule has 132 valence electrons. The fraction of sp³-hybridized carbons (Fsp3) is 0.176. The van der Waals surface area contributed by atoms with E-state index in [1.807, 2.05) is 30.3 Å². The highest BCUT2D eigenvalue weighted by Crippen LogP contribution is 2.30. The van der Waals surface area contributed by atoms with Gasteiger partial charge in [-0.05, 0) is 24.6 Å². The van der Waals surface area contributed by atoms with Gasteiger partial charge in [0, 0.05) is 22.8 Å². The molecule has 9 heteroatoms. The van der Waals surface area contributed by atoms with Gasteiger partial charge < -0.3 is 4.42 Å². The third kappa shape index (κ3) is 3.53. The van der Waals surface area contributed by atoms with Gasteiger partial charge in [-0.25, -0.2) is 0 Å². The van der Waals surface area contributed by atoms with E-state index in [0.29, 0.717) is 16.6 Å². The van der Waals surface area contributed by atoms with E-state index in [0.717, 1.165) is 33.6 Å². The van der Waals surface area contributed by atoms with E-state index >= 15 is 0 Å². The standard InChI is InChI=1S/C17H14ClN5OS2/c1-11-5-2-3-7-13(11)16-20-21-17(23(16)9-12-6-4-8-24-12)25-10-14-15(18)26-22-19-14/h2-8H,9-10H2,1H3. The molecule has 3 heterocycles. The molecular formula is C17H14ClN5OS2. The van der Waals surface area contributed by atoms with Gasteiger partial charge in [-0.2, -0.15) is 0 Å². The van der Waals surface area contributed by atoms with Gasteiger partial charge in [0.25, 0.3) is 0 Å². The Labute approximate surface area is 163 Å². The molecule has 0 saturated carbocycles. The van der Waals surface area contributed by atoms with Gasteiger partial charge in [-0.1, -0.05) is 52.1 Å². The maximum absolute atomic E-state index is 6.11. The number of aromatic nitrogens is 5. The summed E-state index contributed by atoms with van der Waals surface area (Å²) in [6.45, 7) is 2.61. The average Bonchev–Trinajstić information content (AvgIpc) is 3.37. The van der Waals surface area contributed by atoms with Crippen LogP contribution in [0.25, 0.3) is 11.4 Å². The quantitative estimate of drug-likeness (QED) is 0.435. The maximum Gasteiger partial charge on any atom is 0.192 e. The molecule has 0 aliphatic rings. The van der Waals surface area contributed by atoms with E-state index in [1.165, 1.54) is 23.3 Å². The third-order valence-electron chi connectivity index (χ3n) is 3.84. The Bertz CT molecular complexity index is 1010. The summed E-state index contributed by atoms with van der Waals surface area (Å²) in [7, 11) is 0. The highest BCUT2D eigenvalue weighted by molar-refractivity contribution is 7.98. The number of hydrogen-bond donors (Lipinski definition) is 0. The van der Waals surface area contributed by atoms with Crippen LogP contribution < -0.4 is 0 Å². The van der Waals surface area contributed by atoms with Crippen molar-refractivity contribution in [1.82, 2.24) is 24.4 Å². The lowest BCUT2D eigenvalue weighted by Gasteiger charge is -2.10. The fourth-order valence-corrected chi connectivity index (χ4v) is 4.21. The van der Waals surface area contributed by atoms with Gasteiger partial charge in [0.2, 0.25) is 0 Å². The van der Waals surface area contributed by atoms with Crippen molar-refractivity contribution < 1.29 is 4.42 Å². The number of nitrogens with zero attached hydrogens (tertiary/aromatic N) is 5. The molecule has 0 amide bonds. The van der Waals surface area contributed by atoms with Crippen LogP contribution in [0.1, 0.15) is 17.0 Å². The lowest BCUT2D eigenvalue weighted by molar-refractivity contribution is 0.485. The van der Waals surface area contributed by atoms with E-state index in [4.69, 9.17) is 16.0 Å². The van der Waals surface area contributed by atoms with Gasteiger partial charge in [0.1, 0.15) is 15.8 Å². The molecule has 0 N–H and O–H groups in total. The first-order valence-corrected chi connectivity index (χ1v) is 9.97. The summed E-state index contributed by atoms with van der Waals surface area (Å²) in [6.07, 6.45) is 1.67. The second-order valence-electron chi connectivity index (χ2n) is 5.57. The highest BCUT2D eigenvalue weighted by Gasteiger charge is 2.18. The topological polar surface area (TPSA) is 69.6 Å². The van der Waals surface area contributed by atoms with Crippen molar-refractivity contribution in [1.29, 1.82) is 0 Å². The Morgan fingerprint density at radius 3 is 2.77 bits per heavy atom. The SMILES string of the molecule is Cc1ccccc1-c1nnc(SCc2nnsc2Cl)n1Cc1ccco1. The van der Waals surface area contributed by atoms with E-state index in [9.17, 15) is 0 Å². The molecule has 6 nitrogen and oxygen atoms in total. The lowest BCUT2D eigenvalue weighted by Crippen LogP contribution is -2.04. The van der Waals surface area contributed by atoms with Gasteiger partial charge in [0.05, 0.1) is 12.8 Å². The predicted molar refractivity (Wildman–Crippen MR) is 102 cm³/mol. The molecule has 0 aliphatic heterocycles. The predicted octanol–water partition coefficient (Wildman–Crippen LogP) is 4.69. The monoisotopic (exact) mass is 403 g/mol. The van der Waals surface area contributed by atoms with Crippen molar-refractivity contribution in [2.45, 2.75) is 24.4 Å². The summed E-state index contributed by atoms with van der Waals surface area (Å²) in [4.78, 5) is 0. The molecule has 0 saturated heterocycles. The molecule has 0 fully saturated rings. The highest BCUT2D eigenvalue weighted by atomic mass is 35.5. The molecule has 0 bridgehead atoms. The molecule has 0 atom stereocenters. The van der Waals surface area contributed by atoms with Crippen LogP contribution >= 0.6 is 34.9 Å². The molecular weight excluding hydrogens is 390 g/mol. The molecule has 3 aromatic heterocycles. The summed E-state index contributed by atoms with van der Waals surface area (Å²) >= 11 is 8.82. The van der Waals surface area contributed by atoms with Crippen LogP contribution in [-0.2, 0) is 12.3 Å². The van der Waals surface area contributed by atoms with Crippen molar-refractivity contribution in [2.75, 3.05) is 0 Å². The minimum absolute atomic E-state index is 0.551.